The highest BCUT2D eigenvalue weighted by Crippen LogP contribution is 2.22. The molecule has 0 heterocycles. The Bertz CT molecular complexity index is 478. The Morgan fingerprint density at radius 1 is 1.39 bits per heavy atom. The molecule has 4 nitrogen and oxygen atoms in total. The number of hydrogen-bond donors (Lipinski definition) is 2. The topological polar surface area (TPSA) is 62.2 Å². The number of ether oxygens (including phenoxy) is 1. The first-order valence-electron chi connectivity index (χ1n) is 5.54. The van der Waals surface area contributed by atoms with Crippen molar-refractivity contribution in [2.24, 2.45) is 0 Å². The molecule has 0 spiro atoms. The second-order valence-corrected chi connectivity index (χ2v) is 5.86. The molecule has 0 aliphatic carbocycles. The molecule has 0 bridgehead atoms. The number of rotatable bonds is 2. The van der Waals surface area contributed by atoms with Crippen LogP contribution in [0.15, 0.2) is 22.7 Å². The average Bonchev–Trinajstić information content (AvgIpc) is 2.17. The van der Waals surface area contributed by atoms with Crippen molar-refractivity contribution in [1.82, 2.24) is 0 Å². The highest BCUT2D eigenvalue weighted by molar-refractivity contribution is 9.10. The lowest BCUT2D eigenvalue weighted by molar-refractivity contribution is 0.0636. The van der Waals surface area contributed by atoms with Gasteiger partial charge in [-0.25, -0.2) is 4.79 Å². The molecule has 0 saturated heterocycles. The highest BCUT2D eigenvalue weighted by atomic mass is 79.9. The summed E-state index contributed by atoms with van der Waals surface area (Å²) in [6.45, 7) is 7.08. The Morgan fingerprint density at radius 2 is 2.00 bits per heavy atom. The quantitative estimate of drug-likeness (QED) is 0.804. The van der Waals surface area contributed by atoms with Crippen LogP contribution in [0.2, 0.25) is 0 Å². The number of amides is 1. The lowest BCUT2D eigenvalue weighted by Crippen LogP contribution is -2.27. The van der Waals surface area contributed by atoms with E-state index in [1.807, 2.05) is 0 Å². The summed E-state index contributed by atoms with van der Waals surface area (Å²) in [6.07, 6.45) is -0.521. The summed E-state index contributed by atoms with van der Waals surface area (Å²) in [5.74, 6) is 0. The Balaban J connectivity index is 2.91. The standard InChI is InChI=1S/C13H17BrN2O2/c1-8(15)10-7-9(14)5-6-11(10)16-12(17)18-13(2,3)4/h5-7,15H,1-4H3,(H,16,17). The highest BCUT2D eigenvalue weighted by Gasteiger charge is 2.17. The van der Waals surface area contributed by atoms with E-state index in [-0.39, 0.29) is 0 Å². The molecule has 0 unspecified atom stereocenters. The van der Waals surface area contributed by atoms with Gasteiger partial charge in [-0.2, -0.15) is 0 Å². The molecule has 1 aromatic carbocycles. The molecule has 0 aromatic heterocycles. The largest absolute Gasteiger partial charge is 0.444 e. The van der Waals surface area contributed by atoms with Crippen LogP contribution in [0.25, 0.3) is 0 Å². The predicted molar refractivity (Wildman–Crippen MR) is 76.5 cm³/mol. The van der Waals surface area contributed by atoms with Crippen molar-refractivity contribution in [2.75, 3.05) is 5.32 Å². The molecule has 1 amide bonds. The maximum atomic E-state index is 11.7. The molecular formula is C13H17BrN2O2. The molecule has 0 aliphatic heterocycles. The molecule has 2 N–H and O–H groups in total. The normalized spacial score (nSPS) is 10.9. The summed E-state index contributed by atoms with van der Waals surface area (Å²) in [5, 5.41) is 10.3. The van der Waals surface area contributed by atoms with Gasteiger partial charge < -0.3 is 10.1 Å². The van der Waals surface area contributed by atoms with Gasteiger partial charge in [0.05, 0.1) is 5.69 Å². The number of benzene rings is 1. The number of hydrogen-bond acceptors (Lipinski definition) is 3. The van der Waals surface area contributed by atoms with Crippen LogP contribution in [0.5, 0.6) is 0 Å². The number of halogens is 1. The van der Waals surface area contributed by atoms with E-state index in [9.17, 15) is 4.79 Å². The van der Waals surface area contributed by atoms with E-state index in [4.69, 9.17) is 10.1 Å². The minimum atomic E-state index is -0.542. The van der Waals surface area contributed by atoms with Crippen molar-refractivity contribution < 1.29 is 9.53 Å². The third kappa shape index (κ3) is 4.49. The molecular weight excluding hydrogens is 296 g/mol. The smallest absolute Gasteiger partial charge is 0.412 e. The van der Waals surface area contributed by atoms with Crippen LogP contribution in [-0.4, -0.2) is 17.4 Å². The van der Waals surface area contributed by atoms with Crippen molar-refractivity contribution in [3.05, 3.63) is 28.2 Å². The fourth-order valence-corrected chi connectivity index (χ4v) is 1.71. The zero-order valence-corrected chi connectivity index (χ0v) is 12.5. The van der Waals surface area contributed by atoms with Crippen molar-refractivity contribution >= 4 is 33.4 Å². The number of nitrogens with one attached hydrogen (secondary N) is 2. The van der Waals surface area contributed by atoms with Crippen molar-refractivity contribution in [3.8, 4) is 0 Å². The first-order valence-corrected chi connectivity index (χ1v) is 6.33. The van der Waals surface area contributed by atoms with Gasteiger partial charge in [-0.1, -0.05) is 15.9 Å². The Kier molecular flexibility index (Phi) is 4.51. The van der Waals surface area contributed by atoms with E-state index in [2.05, 4.69) is 21.2 Å². The number of carbonyl (C=O) groups excluding carboxylic acids is 1. The van der Waals surface area contributed by atoms with Crippen molar-refractivity contribution in [1.29, 1.82) is 5.41 Å². The third-order valence-corrected chi connectivity index (χ3v) is 2.51. The minimum Gasteiger partial charge on any atom is -0.444 e. The Labute approximate surface area is 115 Å². The lowest BCUT2D eigenvalue weighted by Gasteiger charge is -2.20. The van der Waals surface area contributed by atoms with Crippen molar-refractivity contribution in [3.63, 3.8) is 0 Å². The first-order chi connectivity index (χ1) is 8.19. The summed E-state index contributed by atoms with van der Waals surface area (Å²) in [7, 11) is 0. The monoisotopic (exact) mass is 312 g/mol. The SMILES string of the molecule is CC(=N)c1cc(Br)ccc1NC(=O)OC(C)(C)C. The van der Waals surface area contributed by atoms with Gasteiger partial charge in [-0.15, -0.1) is 0 Å². The van der Waals surface area contributed by atoms with E-state index in [0.717, 1.165) is 4.47 Å². The van der Waals surface area contributed by atoms with Crippen molar-refractivity contribution in [2.45, 2.75) is 33.3 Å². The molecule has 0 radical (unpaired) electrons. The van der Waals surface area contributed by atoms with E-state index in [0.29, 0.717) is 17.0 Å². The Hall–Kier alpha value is -1.36. The van der Waals surface area contributed by atoms with Gasteiger partial charge >= 0.3 is 6.09 Å². The van der Waals surface area contributed by atoms with Crippen LogP contribution < -0.4 is 5.32 Å². The third-order valence-electron chi connectivity index (χ3n) is 2.02. The van der Waals surface area contributed by atoms with Gasteiger partial charge in [-0.3, -0.25) is 5.32 Å². The zero-order chi connectivity index (χ0) is 13.9. The van der Waals surface area contributed by atoms with Gasteiger partial charge in [0.25, 0.3) is 0 Å². The van der Waals surface area contributed by atoms with E-state index in [1.165, 1.54) is 0 Å². The fraction of sp³-hybridized carbons (Fsp3) is 0.385. The molecule has 18 heavy (non-hydrogen) atoms. The second-order valence-electron chi connectivity index (χ2n) is 4.94. The summed E-state index contributed by atoms with van der Waals surface area (Å²) in [6, 6.07) is 5.33. The lowest BCUT2D eigenvalue weighted by atomic mass is 10.1. The van der Waals surface area contributed by atoms with Crippen LogP contribution in [0.1, 0.15) is 33.3 Å². The molecule has 0 fully saturated rings. The molecule has 0 saturated carbocycles. The molecule has 98 valence electrons. The molecule has 0 aliphatic rings. The number of anilines is 1. The maximum absolute atomic E-state index is 11.7. The van der Waals surface area contributed by atoms with Gasteiger partial charge in [0.2, 0.25) is 0 Å². The van der Waals surface area contributed by atoms with E-state index < -0.39 is 11.7 Å². The zero-order valence-electron chi connectivity index (χ0n) is 10.9. The predicted octanol–water partition coefficient (Wildman–Crippen LogP) is 4.18. The van der Waals surface area contributed by atoms with Crippen LogP contribution in [0.4, 0.5) is 10.5 Å². The summed E-state index contributed by atoms with van der Waals surface area (Å²) in [4.78, 5) is 11.7. The Morgan fingerprint density at radius 3 is 2.50 bits per heavy atom. The molecule has 1 aromatic rings. The molecule has 0 atom stereocenters. The molecule has 1 rings (SSSR count). The summed E-state index contributed by atoms with van der Waals surface area (Å²) >= 11 is 3.34. The maximum Gasteiger partial charge on any atom is 0.412 e. The van der Waals surface area contributed by atoms with Crippen LogP contribution >= 0.6 is 15.9 Å². The van der Waals surface area contributed by atoms with Crippen LogP contribution in [0, 0.1) is 5.41 Å². The fourth-order valence-electron chi connectivity index (χ4n) is 1.35. The molecule has 5 heteroatoms. The van der Waals surface area contributed by atoms with Gasteiger partial charge in [-0.05, 0) is 45.9 Å². The first kappa shape index (κ1) is 14.7. The van der Waals surface area contributed by atoms with Crippen LogP contribution in [-0.2, 0) is 4.74 Å². The average molecular weight is 313 g/mol. The van der Waals surface area contributed by atoms with Gasteiger partial charge in [0, 0.05) is 15.7 Å². The van der Waals surface area contributed by atoms with Gasteiger partial charge in [0.1, 0.15) is 5.60 Å². The van der Waals surface area contributed by atoms with E-state index in [1.54, 1.807) is 45.9 Å². The summed E-state index contributed by atoms with van der Waals surface area (Å²) < 4.78 is 6.03. The minimum absolute atomic E-state index is 0.377. The second kappa shape index (κ2) is 5.52. The number of carbonyl (C=O) groups is 1. The summed E-state index contributed by atoms with van der Waals surface area (Å²) in [5.41, 5.74) is 1.07. The van der Waals surface area contributed by atoms with Crippen LogP contribution in [0.3, 0.4) is 0 Å². The van der Waals surface area contributed by atoms with Gasteiger partial charge in [0.15, 0.2) is 0 Å². The van der Waals surface area contributed by atoms with E-state index >= 15 is 0 Å².